The van der Waals surface area contributed by atoms with Crippen molar-refractivity contribution in [3.05, 3.63) is 59.4 Å². The second kappa shape index (κ2) is 8.35. The van der Waals surface area contributed by atoms with Crippen LogP contribution < -0.4 is 5.32 Å². The third-order valence-corrected chi connectivity index (χ3v) is 5.58. The summed E-state index contributed by atoms with van der Waals surface area (Å²) in [5.74, 6) is -3.15. The van der Waals surface area contributed by atoms with Crippen molar-refractivity contribution in [2.75, 3.05) is 7.11 Å². The predicted molar refractivity (Wildman–Crippen MR) is 108 cm³/mol. The van der Waals surface area contributed by atoms with Gasteiger partial charge in [-0.25, -0.2) is 0 Å². The summed E-state index contributed by atoms with van der Waals surface area (Å²) in [6.07, 6.45) is -1.60. The molecule has 3 unspecified atom stereocenters. The fourth-order valence-electron chi connectivity index (χ4n) is 3.81. The lowest BCUT2D eigenvalue weighted by molar-refractivity contribution is -0.163. The van der Waals surface area contributed by atoms with E-state index in [0.29, 0.717) is 6.42 Å². The van der Waals surface area contributed by atoms with Crippen molar-refractivity contribution in [1.29, 1.82) is 0 Å². The van der Waals surface area contributed by atoms with E-state index in [0.717, 1.165) is 7.11 Å². The number of ether oxygens (including phenoxy) is 2. The lowest BCUT2D eigenvalue weighted by Crippen LogP contribution is -2.60. The van der Waals surface area contributed by atoms with Gasteiger partial charge in [0.15, 0.2) is 6.10 Å². The molecule has 1 aromatic carbocycles. The Hall–Kier alpha value is -2.85. The van der Waals surface area contributed by atoms with E-state index < -0.39 is 47.1 Å². The van der Waals surface area contributed by atoms with Crippen molar-refractivity contribution < 1.29 is 39.2 Å². The van der Waals surface area contributed by atoms with Crippen LogP contribution >= 0.6 is 0 Å². The molecule has 1 fully saturated rings. The minimum absolute atomic E-state index is 0.135. The number of amides is 1. The van der Waals surface area contributed by atoms with Crippen LogP contribution in [-0.4, -0.2) is 69.5 Å². The zero-order valence-corrected chi connectivity index (χ0v) is 17.4. The van der Waals surface area contributed by atoms with Gasteiger partial charge in [0, 0.05) is 18.2 Å². The molecule has 1 amide bonds. The van der Waals surface area contributed by atoms with Crippen LogP contribution in [0.3, 0.4) is 0 Å². The molecule has 4 N–H and O–H groups in total. The van der Waals surface area contributed by atoms with Crippen LogP contribution in [0.1, 0.15) is 30.6 Å². The van der Waals surface area contributed by atoms with Crippen molar-refractivity contribution in [3.63, 3.8) is 0 Å². The van der Waals surface area contributed by atoms with Crippen molar-refractivity contribution in [3.8, 4) is 0 Å². The van der Waals surface area contributed by atoms with Crippen LogP contribution in [0.15, 0.2) is 53.8 Å². The number of hydrogen-bond acceptors (Lipinski definition) is 8. The summed E-state index contributed by atoms with van der Waals surface area (Å²) in [5.41, 5.74) is -4.83. The number of benzene rings is 1. The molecule has 0 aromatic heterocycles. The van der Waals surface area contributed by atoms with Gasteiger partial charge in [0.05, 0.1) is 0 Å². The van der Waals surface area contributed by atoms with Crippen LogP contribution in [0.2, 0.25) is 0 Å². The Morgan fingerprint density at radius 3 is 2.52 bits per heavy atom. The van der Waals surface area contributed by atoms with Gasteiger partial charge in [-0.05, 0) is 13.3 Å². The standard InChI is InChI=1S/C22H25NO8/c1-4-5-11-14(24)15(25)16-12(2)17(26)21(31-16)19(28)22(30-3,23-20(21)29)18(27)13-9-7-6-8-10-13/h5-11,14-15,19,24-25,28H,4H2,1-3H3,(H,23,29)/t14?,15?,19?,21-,22-/m1/s1. The summed E-state index contributed by atoms with van der Waals surface area (Å²) < 4.78 is 10.8. The summed E-state index contributed by atoms with van der Waals surface area (Å²) in [7, 11) is 1.11. The van der Waals surface area contributed by atoms with E-state index in [4.69, 9.17) is 9.47 Å². The van der Waals surface area contributed by atoms with Crippen LogP contribution in [0, 0.1) is 0 Å². The number of carbonyl (C=O) groups is 3. The summed E-state index contributed by atoms with van der Waals surface area (Å²) in [5, 5.41) is 34.0. The van der Waals surface area contributed by atoms with E-state index >= 15 is 0 Å². The lowest BCUT2D eigenvalue weighted by atomic mass is 9.85. The van der Waals surface area contributed by atoms with Gasteiger partial charge in [-0.3, -0.25) is 14.4 Å². The zero-order chi connectivity index (χ0) is 23.0. The highest BCUT2D eigenvalue weighted by atomic mass is 16.6. The largest absolute Gasteiger partial charge is 0.467 e. The molecule has 31 heavy (non-hydrogen) atoms. The maximum atomic E-state index is 13.1. The number of aliphatic hydroxyl groups excluding tert-OH is 3. The van der Waals surface area contributed by atoms with E-state index in [-0.39, 0.29) is 16.9 Å². The van der Waals surface area contributed by atoms with Crippen molar-refractivity contribution in [2.24, 2.45) is 0 Å². The molecule has 1 aromatic rings. The number of Topliss-reactive ketones (excluding diaryl/α,β-unsaturated/α-hetero) is 2. The highest BCUT2D eigenvalue weighted by Gasteiger charge is 2.74. The fourth-order valence-corrected chi connectivity index (χ4v) is 3.81. The predicted octanol–water partition coefficient (Wildman–Crippen LogP) is 0.00280. The first-order valence-electron chi connectivity index (χ1n) is 9.80. The molecule has 9 heteroatoms. The molecular formula is C22H25NO8. The molecule has 166 valence electrons. The minimum Gasteiger partial charge on any atom is -0.467 e. The first-order valence-corrected chi connectivity index (χ1v) is 9.80. The van der Waals surface area contributed by atoms with E-state index in [1.165, 1.54) is 25.1 Å². The van der Waals surface area contributed by atoms with Crippen molar-refractivity contribution in [2.45, 2.75) is 49.9 Å². The minimum atomic E-state index is -2.53. The van der Waals surface area contributed by atoms with E-state index in [2.05, 4.69) is 5.32 Å². The second-order valence-electron chi connectivity index (χ2n) is 7.42. The number of rotatable bonds is 7. The molecular weight excluding hydrogens is 406 g/mol. The molecule has 2 heterocycles. The topological polar surface area (TPSA) is 142 Å². The number of ketones is 2. The van der Waals surface area contributed by atoms with Gasteiger partial charge in [-0.15, -0.1) is 0 Å². The summed E-state index contributed by atoms with van der Waals surface area (Å²) in [6, 6.07) is 7.82. The number of aliphatic hydroxyl groups is 3. The van der Waals surface area contributed by atoms with Gasteiger partial charge >= 0.3 is 0 Å². The summed E-state index contributed by atoms with van der Waals surface area (Å²) in [4.78, 5) is 39.2. The fraction of sp³-hybridized carbons (Fsp3) is 0.409. The van der Waals surface area contributed by atoms with Gasteiger partial charge in [0.1, 0.15) is 18.0 Å². The normalized spacial score (nSPS) is 30.1. The number of carbonyl (C=O) groups excluding carboxylic acids is 3. The van der Waals surface area contributed by atoms with Crippen LogP contribution in [0.5, 0.6) is 0 Å². The molecule has 1 saturated heterocycles. The Balaban J connectivity index is 1.99. The Morgan fingerprint density at radius 2 is 1.94 bits per heavy atom. The molecule has 5 atom stereocenters. The molecule has 0 saturated carbocycles. The van der Waals surface area contributed by atoms with Crippen LogP contribution in [-0.2, 0) is 19.1 Å². The Labute approximate surface area is 179 Å². The molecule has 2 aliphatic heterocycles. The maximum absolute atomic E-state index is 13.1. The number of allylic oxidation sites excluding steroid dienone is 1. The van der Waals surface area contributed by atoms with Crippen molar-refractivity contribution >= 4 is 17.5 Å². The van der Waals surface area contributed by atoms with Gasteiger partial charge in [0.2, 0.25) is 17.3 Å². The molecule has 0 aliphatic carbocycles. The SMILES string of the molecule is CCC=CC(O)C(O)C1=C(C)C(=O)[C@]2(O1)C(=O)N[C@@](OC)(C(=O)c1ccccc1)C2O. The van der Waals surface area contributed by atoms with Crippen molar-refractivity contribution in [1.82, 2.24) is 5.32 Å². The smallest absolute Gasteiger partial charge is 0.278 e. The molecule has 9 nitrogen and oxygen atoms in total. The molecule has 2 aliphatic rings. The maximum Gasteiger partial charge on any atom is 0.278 e. The zero-order valence-electron chi connectivity index (χ0n) is 17.4. The van der Waals surface area contributed by atoms with Gasteiger partial charge in [0.25, 0.3) is 11.5 Å². The third-order valence-electron chi connectivity index (χ3n) is 5.58. The Kier molecular flexibility index (Phi) is 6.15. The number of methoxy groups -OCH3 is 1. The number of nitrogens with one attached hydrogen (secondary N) is 1. The molecule has 0 bridgehead atoms. The highest BCUT2D eigenvalue weighted by Crippen LogP contribution is 2.44. The van der Waals surface area contributed by atoms with Gasteiger partial charge < -0.3 is 30.1 Å². The van der Waals surface area contributed by atoms with Crippen LogP contribution in [0.25, 0.3) is 0 Å². The third kappa shape index (κ3) is 3.30. The van der Waals surface area contributed by atoms with Gasteiger partial charge in [-0.2, -0.15) is 0 Å². The van der Waals surface area contributed by atoms with E-state index in [9.17, 15) is 29.7 Å². The molecule has 0 radical (unpaired) electrons. The van der Waals surface area contributed by atoms with Crippen LogP contribution in [0.4, 0.5) is 0 Å². The lowest BCUT2D eigenvalue weighted by Gasteiger charge is -2.32. The summed E-state index contributed by atoms with van der Waals surface area (Å²) >= 11 is 0. The highest BCUT2D eigenvalue weighted by molar-refractivity contribution is 6.23. The Morgan fingerprint density at radius 1 is 1.29 bits per heavy atom. The second-order valence-corrected chi connectivity index (χ2v) is 7.42. The monoisotopic (exact) mass is 431 g/mol. The molecule has 1 spiro atoms. The quantitative estimate of drug-likeness (QED) is 0.269. The first-order chi connectivity index (χ1) is 14.7. The van der Waals surface area contributed by atoms with E-state index in [1.54, 1.807) is 24.3 Å². The number of hydrogen-bond donors (Lipinski definition) is 4. The average Bonchev–Trinajstić information content (AvgIpc) is 3.18. The average molecular weight is 431 g/mol. The molecule has 3 rings (SSSR count). The van der Waals surface area contributed by atoms with E-state index in [1.807, 2.05) is 6.92 Å². The first kappa shape index (κ1) is 22.8. The summed E-state index contributed by atoms with van der Waals surface area (Å²) in [6.45, 7) is 3.13. The van der Waals surface area contributed by atoms with Gasteiger partial charge in [-0.1, -0.05) is 49.4 Å². The Bertz CT molecular complexity index is 956.